The third kappa shape index (κ3) is 4.07. The molecule has 1 aliphatic rings. The van der Waals surface area contributed by atoms with Gasteiger partial charge in [-0.3, -0.25) is 0 Å². The lowest BCUT2D eigenvalue weighted by Crippen LogP contribution is -2.34. The third-order valence-electron chi connectivity index (χ3n) is 4.07. The Morgan fingerprint density at radius 1 is 1.26 bits per heavy atom. The monoisotopic (exact) mass is 281 g/mol. The number of hydrogen-bond donors (Lipinski definition) is 1. The van der Waals surface area contributed by atoms with E-state index in [9.17, 15) is 0 Å². The van der Waals surface area contributed by atoms with Crippen molar-refractivity contribution in [3.63, 3.8) is 0 Å². The summed E-state index contributed by atoms with van der Waals surface area (Å²) in [4.78, 5) is 8.59. The van der Waals surface area contributed by atoms with Gasteiger partial charge in [-0.05, 0) is 19.3 Å². The zero-order valence-electron chi connectivity index (χ0n) is 11.8. The van der Waals surface area contributed by atoms with Crippen LogP contribution in [0.1, 0.15) is 51.1 Å². The molecule has 0 unspecified atom stereocenters. The summed E-state index contributed by atoms with van der Waals surface area (Å²) >= 11 is 6.21. The summed E-state index contributed by atoms with van der Waals surface area (Å²) in [7, 11) is 0. The fourth-order valence-corrected chi connectivity index (χ4v) is 3.19. The number of aryl methyl sites for hydroxylation is 1. The van der Waals surface area contributed by atoms with E-state index < -0.39 is 0 Å². The molecule has 1 N–H and O–H groups in total. The van der Waals surface area contributed by atoms with E-state index in [2.05, 4.69) is 28.3 Å². The molecule has 0 spiro atoms. The molecule has 1 fully saturated rings. The van der Waals surface area contributed by atoms with Gasteiger partial charge in [-0.1, -0.05) is 32.6 Å². The topological polar surface area (TPSA) is 37.8 Å². The number of anilines is 1. The zero-order chi connectivity index (χ0) is 13.6. The first-order valence-electron chi connectivity index (χ1n) is 7.39. The second-order valence-electron chi connectivity index (χ2n) is 5.69. The van der Waals surface area contributed by atoms with E-state index in [0.717, 1.165) is 36.8 Å². The normalized spacial score (nSPS) is 18.2. The van der Waals surface area contributed by atoms with E-state index in [1.807, 2.05) is 0 Å². The van der Waals surface area contributed by atoms with Crippen LogP contribution in [-0.4, -0.2) is 22.4 Å². The first-order chi connectivity index (χ1) is 9.28. The number of rotatable bonds is 6. The molecule has 0 aliphatic heterocycles. The van der Waals surface area contributed by atoms with Gasteiger partial charge < -0.3 is 5.32 Å². The van der Waals surface area contributed by atoms with Gasteiger partial charge in [-0.15, -0.1) is 11.6 Å². The number of hydrogen-bond acceptors (Lipinski definition) is 3. The van der Waals surface area contributed by atoms with E-state index in [4.69, 9.17) is 11.6 Å². The molecule has 0 radical (unpaired) electrons. The molecule has 3 nitrogen and oxygen atoms in total. The fourth-order valence-electron chi connectivity index (χ4n) is 2.82. The molecule has 19 heavy (non-hydrogen) atoms. The highest BCUT2D eigenvalue weighted by Crippen LogP contribution is 2.37. The summed E-state index contributed by atoms with van der Waals surface area (Å²) in [6.45, 7) is 3.10. The van der Waals surface area contributed by atoms with Gasteiger partial charge in [0.1, 0.15) is 12.1 Å². The van der Waals surface area contributed by atoms with Gasteiger partial charge in [0.05, 0.1) is 0 Å². The minimum absolute atomic E-state index is 0.260. The summed E-state index contributed by atoms with van der Waals surface area (Å²) < 4.78 is 0. The first-order valence-corrected chi connectivity index (χ1v) is 7.92. The summed E-state index contributed by atoms with van der Waals surface area (Å²) in [6, 6.07) is 2.06. The van der Waals surface area contributed by atoms with Crippen molar-refractivity contribution in [3.05, 3.63) is 18.1 Å². The molecule has 1 aliphatic carbocycles. The van der Waals surface area contributed by atoms with E-state index in [1.165, 1.54) is 32.1 Å². The summed E-state index contributed by atoms with van der Waals surface area (Å²) in [5.74, 6) is 1.68. The minimum atomic E-state index is 0.260. The van der Waals surface area contributed by atoms with Crippen molar-refractivity contribution in [2.45, 2.75) is 51.9 Å². The zero-order valence-corrected chi connectivity index (χ0v) is 12.5. The Hall–Kier alpha value is -0.830. The van der Waals surface area contributed by atoms with Gasteiger partial charge in [-0.2, -0.15) is 0 Å². The molecule has 1 saturated carbocycles. The third-order valence-corrected chi connectivity index (χ3v) is 4.64. The van der Waals surface area contributed by atoms with Crippen LogP contribution < -0.4 is 5.32 Å². The Kier molecular flexibility index (Phi) is 5.44. The highest BCUT2D eigenvalue weighted by Gasteiger charge is 2.30. The molecular weight excluding hydrogens is 258 g/mol. The summed E-state index contributed by atoms with van der Waals surface area (Å²) in [5.41, 5.74) is 1.37. The molecule has 0 amide bonds. The molecule has 1 aromatic rings. The van der Waals surface area contributed by atoms with Crippen molar-refractivity contribution in [2.75, 3.05) is 17.7 Å². The van der Waals surface area contributed by atoms with Gasteiger partial charge in [0.15, 0.2) is 0 Å². The van der Waals surface area contributed by atoms with Crippen LogP contribution in [0.15, 0.2) is 12.4 Å². The summed E-state index contributed by atoms with van der Waals surface area (Å²) in [6.07, 6.45) is 10.2. The van der Waals surface area contributed by atoms with E-state index in [1.54, 1.807) is 6.33 Å². The van der Waals surface area contributed by atoms with Crippen LogP contribution in [0.5, 0.6) is 0 Å². The van der Waals surface area contributed by atoms with Gasteiger partial charge in [-0.25, -0.2) is 9.97 Å². The van der Waals surface area contributed by atoms with Crippen molar-refractivity contribution >= 4 is 17.4 Å². The predicted octanol–water partition coefficient (Wildman–Crippen LogP) is 4.03. The molecule has 2 rings (SSSR count). The fraction of sp³-hybridized carbons (Fsp3) is 0.733. The Labute approximate surface area is 121 Å². The maximum Gasteiger partial charge on any atom is 0.129 e. The second-order valence-corrected chi connectivity index (χ2v) is 5.96. The van der Waals surface area contributed by atoms with Gasteiger partial charge >= 0.3 is 0 Å². The summed E-state index contributed by atoms with van der Waals surface area (Å²) in [5, 5.41) is 3.47. The largest absolute Gasteiger partial charge is 0.369 e. The van der Waals surface area contributed by atoms with Crippen LogP contribution in [0.4, 0.5) is 5.82 Å². The average molecular weight is 282 g/mol. The van der Waals surface area contributed by atoms with Crippen molar-refractivity contribution in [1.82, 2.24) is 9.97 Å². The Morgan fingerprint density at radius 2 is 2.05 bits per heavy atom. The first kappa shape index (κ1) is 14.6. The van der Waals surface area contributed by atoms with Crippen LogP contribution in [-0.2, 0) is 6.42 Å². The molecule has 4 heteroatoms. The molecule has 0 aromatic carbocycles. The Balaban J connectivity index is 1.94. The lowest BCUT2D eigenvalue weighted by Gasteiger charge is -2.35. The standard InChI is InChI=1S/C15H24ClN3/c1-2-6-13-9-14(19-12-18-13)17-11-15(10-16)7-4-3-5-8-15/h9,12H,2-8,10-11H2,1H3,(H,17,18,19). The van der Waals surface area contributed by atoms with Gasteiger partial charge in [0.25, 0.3) is 0 Å². The molecule has 106 valence electrons. The maximum atomic E-state index is 6.21. The number of alkyl halides is 1. The van der Waals surface area contributed by atoms with Crippen LogP contribution in [0.2, 0.25) is 0 Å². The SMILES string of the molecule is CCCc1cc(NCC2(CCl)CCCCC2)ncn1. The van der Waals surface area contributed by atoms with E-state index in [-0.39, 0.29) is 5.41 Å². The van der Waals surface area contributed by atoms with Gasteiger partial charge in [0, 0.05) is 29.6 Å². The highest BCUT2D eigenvalue weighted by atomic mass is 35.5. The van der Waals surface area contributed by atoms with Crippen molar-refractivity contribution < 1.29 is 0 Å². The number of aromatic nitrogens is 2. The van der Waals surface area contributed by atoms with Crippen LogP contribution >= 0.6 is 11.6 Å². The average Bonchev–Trinajstić information content (AvgIpc) is 2.47. The van der Waals surface area contributed by atoms with Gasteiger partial charge in [0.2, 0.25) is 0 Å². The van der Waals surface area contributed by atoms with Crippen molar-refractivity contribution in [1.29, 1.82) is 0 Å². The number of nitrogens with one attached hydrogen (secondary N) is 1. The van der Waals surface area contributed by atoms with E-state index >= 15 is 0 Å². The Bertz CT molecular complexity index is 389. The smallest absolute Gasteiger partial charge is 0.129 e. The van der Waals surface area contributed by atoms with Crippen molar-refractivity contribution in [2.24, 2.45) is 5.41 Å². The molecule has 0 bridgehead atoms. The number of halogens is 1. The van der Waals surface area contributed by atoms with Crippen molar-refractivity contribution in [3.8, 4) is 0 Å². The van der Waals surface area contributed by atoms with Crippen LogP contribution in [0.25, 0.3) is 0 Å². The second kappa shape index (κ2) is 7.09. The lowest BCUT2D eigenvalue weighted by molar-refractivity contribution is 0.238. The predicted molar refractivity (Wildman–Crippen MR) is 80.8 cm³/mol. The molecule has 1 aromatic heterocycles. The number of nitrogens with zero attached hydrogens (tertiary/aromatic N) is 2. The van der Waals surface area contributed by atoms with Crippen LogP contribution in [0, 0.1) is 5.41 Å². The quantitative estimate of drug-likeness (QED) is 0.800. The maximum absolute atomic E-state index is 6.21. The Morgan fingerprint density at radius 3 is 2.74 bits per heavy atom. The molecule has 1 heterocycles. The molecule has 0 saturated heterocycles. The molecule has 0 atom stereocenters. The van der Waals surface area contributed by atoms with E-state index in [0.29, 0.717) is 0 Å². The highest BCUT2D eigenvalue weighted by molar-refractivity contribution is 6.18. The molecular formula is C15H24ClN3. The lowest BCUT2D eigenvalue weighted by atomic mass is 9.75. The van der Waals surface area contributed by atoms with Crippen LogP contribution in [0.3, 0.4) is 0 Å². The minimum Gasteiger partial charge on any atom is -0.369 e.